The van der Waals surface area contributed by atoms with Gasteiger partial charge in [0.05, 0.1) is 0 Å². The first-order valence-corrected chi connectivity index (χ1v) is 7.85. The zero-order chi connectivity index (χ0) is 10.8. The fourth-order valence-corrected chi connectivity index (χ4v) is 4.23. The molecule has 4 heterocycles. The lowest BCUT2D eigenvalue weighted by Gasteiger charge is -2.48. The fraction of sp³-hybridized carbons (Fsp3) is 1.00. The summed E-state index contributed by atoms with van der Waals surface area (Å²) in [5.41, 5.74) is 0. The van der Waals surface area contributed by atoms with E-state index in [2.05, 4.69) is 26.9 Å². The third-order valence-corrected chi connectivity index (χ3v) is 5.41. The molecule has 0 aliphatic carbocycles. The van der Waals surface area contributed by atoms with Crippen LogP contribution in [0, 0.1) is 0 Å². The molecule has 2 unspecified atom stereocenters. The third-order valence-electron chi connectivity index (χ3n) is 4.19. The second-order valence-corrected chi connectivity index (χ2v) is 6.46. The monoisotopic (exact) mass is 241 g/mol. The molecule has 4 rings (SSSR count). The number of hydrogen-bond acceptors (Lipinski definition) is 4. The average molecular weight is 241 g/mol. The predicted molar refractivity (Wildman–Crippen MR) is 70.2 cm³/mol. The van der Waals surface area contributed by atoms with Gasteiger partial charge in [0.1, 0.15) is 0 Å². The van der Waals surface area contributed by atoms with Crippen molar-refractivity contribution in [2.45, 2.75) is 24.9 Å². The number of hydrogen-bond donors (Lipinski definition) is 1. The van der Waals surface area contributed by atoms with Crippen LogP contribution in [0.5, 0.6) is 0 Å². The Kier molecular flexibility index (Phi) is 3.72. The summed E-state index contributed by atoms with van der Waals surface area (Å²) >= 11 is 2.12. The van der Waals surface area contributed by atoms with Gasteiger partial charge < -0.3 is 5.32 Å². The predicted octanol–water partition coefficient (Wildman–Crippen LogP) is 0.471. The Morgan fingerprint density at radius 3 is 2.69 bits per heavy atom. The van der Waals surface area contributed by atoms with Crippen molar-refractivity contribution < 1.29 is 0 Å². The van der Waals surface area contributed by atoms with Crippen molar-refractivity contribution in [1.29, 1.82) is 0 Å². The lowest BCUT2D eigenvalue weighted by molar-refractivity contribution is 0.0128. The van der Waals surface area contributed by atoms with E-state index in [1.807, 2.05) is 0 Å². The van der Waals surface area contributed by atoms with E-state index in [9.17, 15) is 0 Å². The minimum absolute atomic E-state index is 0.787. The van der Waals surface area contributed by atoms with Crippen molar-refractivity contribution >= 4 is 11.8 Å². The van der Waals surface area contributed by atoms with Crippen molar-refractivity contribution in [3.63, 3.8) is 0 Å². The Hall–Kier alpha value is 0.230. The summed E-state index contributed by atoms with van der Waals surface area (Å²) < 4.78 is 0. The molecular formula is C12H23N3S. The van der Waals surface area contributed by atoms with Gasteiger partial charge in [0.25, 0.3) is 0 Å². The molecule has 4 saturated heterocycles. The van der Waals surface area contributed by atoms with E-state index < -0.39 is 0 Å². The molecule has 0 amide bonds. The van der Waals surface area contributed by atoms with Crippen LogP contribution < -0.4 is 5.32 Å². The van der Waals surface area contributed by atoms with Crippen molar-refractivity contribution in [2.24, 2.45) is 0 Å². The van der Waals surface area contributed by atoms with E-state index in [1.54, 1.807) is 0 Å². The molecule has 0 radical (unpaired) electrons. The topological polar surface area (TPSA) is 18.5 Å². The maximum atomic E-state index is 3.79. The number of thioether (sulfide) groups is 1. The summed E-state index contributed by atoms with van der Waals surface area (Å²) in [6.07, 6.45) is 2.80. The normalized spacial score (nSPS) is 43.5. The Labute approximate surface area is 103 Å². The molecule has 4 fully saturated rings. The molecule has 0 spiro atoms. The van der Waals surface area contributed by atoms with Gasteiger partial charge in [-0.15, -0.1) is 0 Å². The smallest absolute Gasteiger partial charge is 0.0349 e. The van der Waals surface area contributed by atoms with Crippen molar-refractivity contribution in [2.75, 3.05) is 50.8 Å². The Morgan fingerprint density at radius 2 is 2.06 bits per heavy atom. The summed E-state index contributed by atoms with van der Waals surface area (Å²) in [4.78, 5) is 5.31. The lowest BCUT2D eigenvalue weighted by Crippen LogP contribution is -2.63. The van der Waals surface area contributed by atoms with Gasteiger partial charge in [0.15, 0.2) is 0 Å². The van der Waals surface area contributed by atoms with Crippen LogP contribution >= 0.6 is 11.8 Å². The zero-order valence-corrected chi connectivity index (χ0v) is 10.8. The lowest BCUT2D eigenvalue weighted by atomic mass is 10.1. The van der Waals surface area contributed by atoms with Gasteiger partial charge in [-0.05, 0) is 18.6 Å². The van der Waals surface area contributed by atoms with E-state index in [0.29, 0.717) is 0 Å². The summed E-state index contributed by atoms with van der Waals surface area (Å²) in [6.45, 7) is 7.71. The molecule has 2 atom stereocenters. The largest absolute Gasteiger partial charge is 0.312 e. The summed E-state index contributed by atoms with van der Waals surface area (Å²) in [5.74, 6) is 2.71. The van der Waals surface area contributed by atoms with Crippen LogP contribution in [0.2, 0.25) is 0 Å². The Bertz CT molecular complexity index is 222. The number of nitrogens with one attached hydrogen (secondary N) is 1. The van der Waals surface area contributed by atoms with Crippen LogP contribution in [-0.4, -0.2) is 72.7 Å². The van der Waals surface area contributed by atoms with Crippen LogP contribution in [-0.2, 0) is 0 Å². The number of fused-ring (bicyclic) bond motifs is 3. The molecule has 3 nitrogen and oxygen atoms in total. The molecular weight excluding hydrogens is 218 g/mol. The molecule has 2 bridgehead atoms. The van der Waals surface area contributed by atoms with Gasteiger partial charge in [-0.1, -0.05) is 0 Å². The van der Waals surface area contributed by atoms with E-state index in [-0.39, 0.29) is 0 Å². The molecule has 0 saturated carbocycles. The molecule has 4 heteroatoms. The Balaban J connectivity index is 1.44. The van der Waals surface area contributed by atoms with E-state index in [4.69, 9.17) is 0 Å². The van der Waals surface area contributed by atoms with Gasteiger partial charge in [0.2, 0.25) is 0 Å². The van der Waals surface area contributed by atoms with Crippen LogP contribution in [0.25, 0.3) is 0 Å². The third kappa shape index (κ3) is 2.55. The minimum atomic E-state index is 0.787. The maximum Gasteiger partial charge on any atom is 0.0349 e. The molecule has 16 heavy (non-hydrogen) atoms. The molecule has 0 aromatic carbocycles. The number of nitrogens with zero attached hydrogens (tertiary/aromatic N) is 2. The standard InChI is InChI=1S/C12H23N3S/c1-2-11(10-16-7-1)13-8-12-9-14-3-5-15(12)6-4-14/h11-13H,1-10H2. The molecule has 0 aromatic rings. The van der Waals surface area contributed by atoms with E-state index in [1.165, 1.54) is 63.6 Å². The molecule has 92 valence electrons. The van der Waals surface area contributed by atoms with Gasteiger partial charge >= 0.3 is 0 Å². The first-order chi connectivity index (χ1) is 7.92. The van der Waals surface area contributed by atoms with Gasteiger partial charge in [-0.3, -0.25) is 9.80 Å². The SMILES string of the molecule is C1CSCC(NCC2CN3CCN2CC3)C1. The highest BCUT2D eigenvalue weighted by Crippen LogP contribution is 2.18. The quantitative estimate of drug-likeness (QED) is 0.774. The highest BCUT2D eigenvalue weighted by atomic mass is 32.2. The average Bonchev–Trinajstić information content (AvgIpc) is 2.39. The summed E-state index contributed by atoms with van der Waals surface area (Å²) in [6, 6.07) is 1.57. The van der Waals surface area contributed by atoms with Gasteiger partial charge in [-0.25, -0.2) is 0 Å². The van der Waals surface area contributed by atoms with Crippen LogP contribution in [0.3, 0.4) is 0 Å². The maximum absolute atomic E-state index is 3.79. The minimum Gasteiger partial charge on any atom is -0.312 e. The van der Waals surface area contributed by atoms with Crippen molar-refractivity contribution in [1.82, 2.24) is 15.1 Å². The first kappa shape index (κ1) is 11.3. The second kappa shape index (κ2) is 5.25. The molecule has 1 N–H and O–H groups in total. The van der Waals surface area contributed by atoms with Crippen molar-refractivity contribution in [3.8, 4) is 0 Å². The van der Waals surface area contributed by atoms with Crippen LogP contribution in [0.1, 0.15) is 12.8 Å². The molecule has 0 aromatic heterocycles. The van der Waals surface area contributed by atoms with Crippen molar-refractivity contribution in [3.05, 3.63) is 0 Å². The van der Waals surface area contributed by atoms with E-state index in [0.717, 1.165) is 12.1 Å². The highest BCUT2D eigenvalue weighted by molar-refractivity contribution is 7.99. The van der Waals surface area contributed by atoms with E-state index >= 15 is 0 Å². The van der Waals surface area contributed by atoms with Gasteiger partial charge in [-0.2, -0.15) is 11.8 Å². The zero-order valence-electron chi connectivity index (χ0n) is 10.0. The van der Waals surface area contributed by atoms with Crippen LogP contribution in [0.15, 0.2) is 0 Å². The molecule has 4 aliphatic rings. The number of piperazine rings is 3. The summed E-state index contributed by atoms with van der Waals surface area (Å²) in [7, 11) is 0. The summed E-state index contributed by atoms with van der Waals surface area (Å²) in [5, 5.41) is 3.79. The Morgan fingerprint density at radius 1 is 1.19 bits per heavy atom. The van der Waals surface area contributed by atoms with Crippen LogP contribution in [0.4, 0.5) is 0 Å². The van der Waals surface area contributed by atoms with Gasteiger partial charge in [0, 0.05) is 57.1 Å². The number of rotatable bonds is 3. The molecule has 4 aliphatic heterocycles. The highest BCUT2D eigenvalue weighted by Gasteiger charge is 2.31. The fourth-order valence-electron chi connectivity index (χ4n) is 3.12. The second-order valence-electron chi connectivity index (χ2n) is 5.31. The first-order valence-electron chi connectivity index (χ1n) is 6.69.